The highest BCUT2D eigenvalue weighted by molar-refractivity contribution is 5.82. The fourth-order valence-corrected chi connectivity index (χ4v) is 4.98. The van der Waals surface area contributed by atoms with Crippen LogP contribution in [0.5, 0.6) is 0 Å². The molecule has 0 N–H and O–H groups in total. The molecule has 138 valence electrons. The van der Waals surface area contributed by atoms with Crippen LogP contribution in [0.1, 0.15) is 47.0 Å². The van der Waals surface area contributed by atoms with Crippen LogP contribution in [0.3, 0.4) is 0 Å². The Labute approximate surface area is 148 Å². The highest BCUT2D eigenvalue weighted by Gasteiger charge is 2.41. The lowest BCUT2D eigenvalue weighted by molar-refractivity contribution is -0.123. The molecule has 0 radical (unpaired) electrons. The van der Waals surface area contributed by atoms with E-state index in [-0.39, 0.29) is 5.92 Å². The van der Waals surface area contributed by atoms with Gasteiger partial charge in [-0.15, -0.1) is 0 Å². The summed E-state index contributed by atoms with van der Waals surface area (Å²) in [6.45, 7) is 16.4. The first-order valence-corrected chi connectivity index (χ1v) is 10.2. The zero-order chi connectivity index (χ0) is 17.3. The van der Waals surface area contributed by atoms with E-state index in [1.165, 1.54) is 32.4 Å². The van der Waals surface area contributed by atoms with Gasteiger partial charge in [-0.25, -0.2) is 0 Å². The molecule has 3 saturated heterocycles. The van der Waals surface area contributed by atoms with Crippen LogP contribution >= 0.6 is 0 Å². The molecule has 3 heterocycles. The van der Waals surface area contributed by atoms with Crippen LogP contribution < -0.4 is 0 Å². The van der Waals surface area contributed by atoms with Crippen LogP contribution in [0.25, 0.3) is 0 Å². The van der Waals surface area contributed by atoms with E-state index in [0.29, 0.717) is 18.4 Å². The fraction of sp³-hybridized carbons (Fsp3) is 0.950. The fourth-order valence-electron chi connectivity index (χ4n) is 4.98. The summed E-state index contributed by atoms with van der Waals surface area (Å²) in [6, 6.07) is 1.55. The van der Waals surface area contributed by atoms with E-state index in [1.807, 2.05) is 13.8 Å². The summed E-state index contributed by atoms with van der Waals surface area (Å²) < 4.78 is 0. The number of piperazine rings is 1. The third kappa shape index (κ3) is 4.20. The van der Waals surface area contributed by atoms with Gasteiger partial charge in [-0.05, 0) is 44.9 Å². The summed E-state index contributed by atoms with van der Waals surface area (Å²) in [7, 11) is 0. The Balaban J connectivity index is 1.43. The number of carbonyl (C=O) groups excluding carboxylic acids is 1. The van der Waals surface area contributed by atoms with Crippen molar-refractivity contribution in [2.75, 3.05) is 45.8 Å². The largest absolute Gasteiger partial charge is 0.301 e. The molecule has 3 aliphatic heterocycles. The quantitative estimate of drug-likeness (QED) is 0.744. The lowest BCUT2D eigenvalue weighted by Crippen LogP contribution is -2.57. The molecule has 0 spiro atoms. The predicted octanol–water partition coefficient (Wildman–Crippen LogP) is 2.34. The third-order valence-corrected chi connectivity index (χ3v) is 6.67. The molecule has 0 amide bonds. The second-order valence-electron chi connectivity index (χ2n) is 8.98. The topological polar surface area (TPSA) is 26.8 Å². The monoisotopic (exact) mass is 335 g/mol. The van der Waals surface area contributed by atoms with Crippen molar-refractivity contribution in [3.8, 4) is 0 Å². The maximum Gasteiger partial charge on any atom is 0.149 e. The van der Waals surface area contributed by atoms with Gasteiger partial charge in [0.1, 0.15) is 5.78 Å². The molecule has 4 aliphatic rings. The summed E-state index contributed by atoms with van der Waals surface area (Å²) in [5.41, 5.74) is 0. The molecule has 1 saturated carbocycles. The molecule has 2 bridgehead atoms. The number of rotatable bonds is 6. The lowest BCUT2D eigenvalue weighted by Gasteiger charge is -2.52. The van der Waals surface area contributed by atoms with Crippen molar-refractivity contribution >= 4 is 5.78 Å². The average molecular weight is 336 g/mol. The van der Waals surface area contributed by atoms with Crippen molar-refractivity contribution in [3.05, 3.63) is 0 Å². The highest BCUT2D eigenvalue weighted by Crippen LogP contribution is 2.40. The van der Waals surface area contributed by atoms with Crippen LogP contribution in [0.15, 0.2) is 0 Å². The first kappa shape index (κ1) is 18.3. The average Bonchev–Trinajstić information content (AvgIpc) is 2.57. The number of carbonyl (C=O) groups is 1. The minimum Gasteiger partial charge on any atom is -0.301 e. The Morgan fingerprint density at radius 1 is 1.00 bits per heavy atom. The van der Waals surface area contributed by atoms with Gasteiger partial charge in [-0.2, -0.15) is 0 Å². The molecule has 1 aliphatic carbocycles. The molecule has 4 rings (SSSR count). The van der Waals surface area contributed by atoms with Crippen molar-refractivity contribution in [1.29, 1.82) is 0 Å². The molecule has 4 nitrogen and oxygen atoms in total. The van der Waals surface area contributed by atoms with Crippen LogP contribution in [-0.4, -0.2) is 78.4 Å². The first-order valence-electron chi connectivity index (χ1n) is 10.2. The molecule has 0 aromatic carbocycles. The third-order valence-electron chi connectivity index (χ3n) is 6.67. The van der Waals surface area contributed by atoms with Crippen LogP contribution in [0.2, 0.25) is 0 Å². The minimum absolute atomic E-state index is 0.171. The summed E-state index contributed by atoms with van der Waals surface area (Å²) >= 11 is 0. The standard InChI is InChI=1S/C20H37N3O/c1-15(2)20(24)14-22-9-7-21(8-10-22)12-18-11-19-6-5-17(18)13-23(19)16(3)4/h15-19H,5-14H2,1-4H3. The van der Waals surface area contributed by atoms with Crippen molar-refractivity contribution in [2.24, 2.45) is 17.8 Å². The Morgan fingerprint density at radius 3 is 2.21 bits per heavy atom. The first-order chi connectivity index (χ1) is 11.4. The van der Waals surface area contributed by atoms with Crippen molar-refractivity contribution in [3.63, 3.8) is 0 Å². The van der Waals surface area contributed by atoms with Gasteiger partial charge in [-0.3, -0.25) is 14.6 Å². The van der Waals surface area contributed by atoms with Crippen LogP contribution in [-0.2, 0) is 4.79 Å². The van der Waals surface area contributed by atoms with E-state index in [1.54, 1.807) is 0 Å². The number of nitrogens with zero attached hydrogens (tertiary/aromatic N) is 3. The number of ketones is 1. The molecular formula is C20H37N3O. The van der Waals surface area contributed by atoms with Gasteiger partial charge in [-0.1, -0.05) is 13.8 Å². The second kappa shape index (κ2) is 7.84. The Bertz CT molecular complexity index is 429. The van der Waals surface area contributed by atoms with Crippen molar-refractivity contribution < 1.29 is 4.79 Å². The molecule has 4 fully saturated rings. The van der Waals surface area contributed by atoms with E-state index in [4.69, 9.17) is 0 Å². The number of piperidine rings is 2. The number of hydrogen-bond donors (Lipinski definition) is 0. The number of hydrogen-bond acceptors (Lipinski definition) is 4. The molecule has 4 heteroatoms. The molecule has 3 unspecified atom stereocenters. The van der Waals surface area contributed by atoms with Gasteiger partial charge in [0.2, 0.25) is 0 Å². The lowest BCUT2D eigenvalue weighted by atomic mass is 9.71. The van der Waals surface area contributed by atoms with Crippen LogP contribution in [0, 0.1) is 17.8 Å². The Kier molecular flexibility index (Phi) is 5.99. The molecule has 0 aromatic rings. The van der Waals surface area contributed by atoms with Gasteiger partial charge in [0, 0.05) is 57.3 Å². The Morgan fingerprint density at radius 2 is 1.67 bits per heavy atom. The highest BCUT2D eigenvalue weighted by atomic mass is 16.1. The second-order valence-corrected chi connectivity index (χ2v) is 8.98. The van der Waals surface area contributed by atoms with Gasteiger partial charge < -0.3 is 4.90 Å². The smallest absolute Gasteiger partial charge is 0.149 e. The summed E-state index contributed by atoms with van der Waals surface area (Å²) in [5, 5.41) is 0. The van der Waals surface area contributed by atoms with Crippen LogP contribution in [0.4, 0.5) is 0 Å². The van der Waals surface area contributed by atoms with E-state index in [0.717, 1.165) is 44.1 Å². The van der Waals surface area contributed by atoms with Gasteiger partial charge in [0.05, 0.1) is 6.54 Å². The van der Waals surface area contributed by atoms with E-state index in [9.17, 15) is 4.79 Å². The summed E-state index contributed by atoms with van der Waals surface area (Å²) in [5.74, 6) is 2.38. The Hall–Kier alpha value is -0.450. The number of Topliss-reactive ketones (excluding diaryl/α,β-unsaturated/α-hetero) is 1. The maximum atomic E-state index is 11.9. The van der Waals surface area contributed by atoms with Gasteiger partial charge in [0.25, 0.3) is 0 Å². The molecule has 0 aromatic heterocycles. The zero-order valence-electron chi connectivity index (χ0n) is 16.2. The normalized spacial score (nSPS) is 32.8. The predicted molar refractivity (Wildman–Crippen MR) is 99.2 cm³/mol. The summed E-state index contributed by atoms with van der Waals surface area (Å²) in [4.78, 5) is 19.7. The van der Waals surface area contributed by atoms with Crippen molar-refractivity contribution in [1.82, 2.24) is 14.7 Å². The van der Waals surface area contributed by atoms with Gasteiger partial charge >= 0.3 is 0 Å². The minimum atomic E-state index is 0.171. The van der Waals surface area contributed by atoms with Crippen molar-refractivity contribution in [2.45, 2.75) is 59.0 Å². The SMILES string of the molecule is CC(C)C(=O)CN1CCN(CC2CC3CCC2CN3C(C)C)CC1. The van der Waals surface area contributed by atoms with Gasteiger partial charge in [0.15, 0.2) is 0 Å². The molecule has 3 atom stereocenters. The zero-order valence-corrected chi connectivity index (χ0v) is 16.2. The molecule has 24 heavy (non-hydrogen) atoms. The summed E-state index contributed by atoms with van der Waals surface area (Å²) in [6.07, 6.45) is 4.28. The number of fused-ring (bicyclic) bond motifs is 3. The maximum absolute atomic E-state index is 11.9. The van der Waals surface area contributed by atoms with E-state index in [2.05, 4.69) is 28.5 Å². The van der Waals surface area contributed by atoms with E-state index >= 15 is 0 Å². The van der Waals surface area contributed by atoms with E-state index < -0.39 is 0 Å². The molecular weight excluding hydrogens is 298 g/mol.